The van der Waals surface area contributed by atoms with Crippen LogP contribution >= 0.6 is 0 Å². The number of hydrogen-bond acceptors (Lipinski definition) is 4. The molecule has 0 aliphatic heterocycles. The molecule has 0 bridgehead atoms. The van der Waals surface area contributed by atoms with E-state index >= 15 is 0 Å². The Hall–Kier alpha value is -1.14. The minimum atomic E-state index is -0.945. The first-order chi connectivity index (χ1) is 5.61. The molecule has 0 aliphatic carbocycles. The fourth-order valence-electron chi connectivity index (χ4n) is 0.732. The third kappa shape index (κ3) is 3.89. The summed E-state index contributed by atoms with van der Waals surface area (Å²) in [6.45, 7) is 0. The summed E-state index contributed by atoms with van der Waals surface area (Å²) in [6.07, 6.45) is 0.105. The first kappa shape index (κ1) is 10.9. The van der Waals surface area contributed by atoms with Crippen LogP contribution in [0.5, 0.6) is 0 Å². The van der Waals surface area contributed by atoms with E-state index in [1.807, 2.05) is 0 Å². The Bertz CT molecular complexity index is 171. The lowest BCUT2D eigenvalue weighted by atomic mass is 10.1. The van der Waals surface area contributed by atoms with E-state index in [9.17, 15) is 9.59 Å². The summed E-state index contributed by atoms with van der Waals surface area (Å²) in [6, 6.07) is -0.633. The van der Waals surface area contributed by atoms with Crippen molar-refractivity contribution in [2.24, 2.45) is 5.84 Å². The van der Waals surface area contributed by atoms with Gasteiger partial charge in [0.2, 0.25) is 5.91 Å². The second kappa shape index (κ2) is 5.50. The molecular weight excluding hydrogens is 162 g/mol. The molecule has 0 aromatic heterocycles. The Labute approximate surface area is 70.1 Å². The van der Waals surface area contributed by atoms with Crippen molar-refractivity contribution in [1.29, 1.82) is 0 Å². The maximum atomic E-state index is 10.9. The molecule has 1 atom stereocenters. The van der Waals surface area contributed by atoms with Crippen molar-refractivity contribution in [1.82, 2.24) is 10.7 Å². The number of hydrazine groups is 1. The Morgan fingerprint density at radius 3 is 2.50 bits per heavy atom. The molecule has 6 heteroatoms. The molecule has 0 radical (unpaired) electrons. The highest BCUT2D eigenvalue weighted by atomic mass is 16.4. The smallest absolute Gasteiger partial charge is 0.303 e. The van der Waals surface area contributed by atoms with E-state index in [4.69, 9.17) is 10.9 Å². The van der Waals surface area contributed by atoms with E-state index in [0.717, 1.165) is 0 Å². The highest BCUT2D eigenvalue weighted by molar-refractivity contribution is 5.81. The summed E-state index contributed by atoms with van der Waals surface area (Å²) in [4.78, 5) is 21.0. The van der Waals surface area contributed by atoms with Crippen LogP contribution in [-0.2, 0) is 9.59 Å². The molecule has 5 N–H and O–H groups in total. The molecule has 12 heavy (non-hydrogen) atoms. The Kier molecular flexibility index (Phi) is 4.98. The van der Waals surface area contributed by atoms with Crippen molar-refractivity contribution < 1.29 is 14.7 Å². The Balaban J connectivity index is 3.83. The van der Waals surface area contributed by atoms with Crippen molar-refractivity contribution in [3.8, 4) is 0 Å². The third-order valence-corrected chi connectivity index (χ3v) is 1.41. The maximum Gasteiger partial charge on any atom is 0.303 e. The van der Waals surface area contributed by atoms with E-state index < -0.39 is 12.0 Å². The molecule has 1 unspecified atom stereocenters. The number of aliphatic carboxylic acids is 1. The molecule has 0 aromatic carbocycles. The van der Waals surface area contributed by atoms with Crippen LogP contribution in [-0.4, -0.2) is 30.1 Å². The molecular formula is C6H13N3O3. The van der Waals surface area contributed by atoms with Gasteiger partial charge in [-0.05, 0) is 6.42 Å². The normalized spacial score (nSPS) is 12.2. The summed E-state index contributed by atoms with van der Waals surface area (Å²) in [5, 5.41) is 10.7. The number of carbonyl (C=O) groups excluding carboxylic acids is 1. The van der Waals surface area contributed by atoms with Crippen LogP contribution in [0, 0.1) is 0 Å². The Morgan fingerprint density at radius 2 is 2.17 bits per heavy atom. The van der Waals surface area contributed by atoms with Crippen molar-refractivity contribution in [2.45, 2.75) is 18.9 Å². The first-order valence-electron chi connectivity index (χ1n) is 3.51. The van der Waals surface area contributed by atoms with Gasteiger partial charge in [0.1, 0.15) is 6.04 Å². The van der Waals surface area contributed by atoms with Gasteiger partial charge in [-0.25, -0.2) is 5.43 Å². The zero-order chi connectivity index (χ0) is 9.56. The van der Waals surface area contributed by atoms with Gasteiger partial charge < -0.3 is 10.4 Å². The largest absolute Gasteiger partial charge is 0.481 e. The van der Waals surface area contributed by atoms with Crippen LogP contribution in [0.1, 0.15) is 12.8 Å². The predicted molar refractivity (Wildman–Crippen MR) is 42.0 cm³/mol. The van der Waals surface area contributed by atoms with Gasteiger partial charge in [-0.3, -0.25) is 15.4 Å². The molecule has 0 fully saturated rings. The highest BCUT2D eigenvalue weighted by Gasteiger charge is 2.15. The van der Waals surface area contributed by atoms with Gasteiger partial charge in [0.15, 0.2) is 0 Å². The topological polar surface area (TPSA) is 104 Å². The number of likely N-dealkylation sites (N-methyl/N-ethyl adjacent to an activating group) is 1. The number of carboxylic acids is 1. The second-order valence-electron chi connectivity index (χ2n) is 2.27. The SMILES string of the molecule is CNC(=O)C(CCC(=O)O)NN. The van der Waals surface area contributed by atoms with Crippen molar-refractivity contribution in [3.63, 3.8) is 0 Å². The fraction of sp³-hybridized carbons (Fsp3) is 0.667. The summed E-state index contributed by atoms with van der Waals surface area (Å²) in [5.41, 5.74) is 2.23. The van der Waals surface area contributed by atoms with Crippen molar-refractivity contribution in [2.75, 3.05) is 7.05 Å². The zero-order valence-corrected chi connectivity index (χ0v) is 6.83. The first-order valence-corrected chi connectivity index (χ1v) is 3.51. The molecule has 0 aromatic rings. The number of amides is 1. The van der Waals surface area contributed by atoms with Crippen molar-refractivity contribution in [3.05, 3.63) is 0 Å². The molecule has 0 spiro atoms. The van der Waals surface area contributed by atoms with Gasteiger partial charge in [-0.2, -0.15) is 0 Å². The average molecular weight is 175 g/mol. The summed E-state index contributed by atoms with van der Waals surface area (Å²) in [7, 11) is 1.47. The van der Waals surface area contributed by atoms with E-state index in [1.165, 1.54) is 7.05 Å². The minimum absolute atomic E-state index is 0.0811. The average Bonchev–Trinajstić information content (AvgIpc) is 2.04. The van der Waals surface area contributed by atoms with Crippen LogP contribution in [0.15, 0.2) is 0 Å². The molecule has 0 saturated carbocycles. The van der Waals surface area contributed by atoms with E-state index in [-0.39, 0.29) is 18.7 Å². The lowest BCUT2D eigenvalue weighted by Gasteiger charge is -2.11. The van der Waals surface area contributed by atoms with Crippen LogP contribution in [0.4, 0.5) is 0 Å². The summed E-state index contributed by atoms with van der Waals surface area (Å²) >= 11 is 0. The number of rotatable bonds is 5. The van der Waals surface area contributed by atoms with Crippen molar-refractivity contribution >= 4 is 11.9 Å². The lowest BCUT2D eigenvalue weighted by Crippen LogP contribution is -2.46. The quantitative estimate of drug-likeness (QED) is 0.298. The summed E-state index contributed by atoms with van der Waals surface area (Å²) in [5.74, 6) is 3.78. The minimum Gasteiger partial charge on any atom is -0.481 e. The lowest BCUT2D eigenvalue weighted by molar-refractivity contribution is -0.137. The fourth-order valence-corrected chi connectivity index (χ4v) is 0.732. The van der Waals surface area contributed by atoms with E-state index in [0.29, 0.717) is 0 Å². The number of nitrogens with two attached hydrogens (primary N) is 1. The predicted octanol–water partition coefficient (Wildman–Crippen LogP) is -1.57. The van der Waals surface area contributed by atoms with Gasteiger partial charge in [0, 0.05) is 13.5 Å². The van der Waals surface area contributed by atoms with Crippen LogP contribution in [0.3, 0.4) is 0 Å². The summed E-state index contributed by atoms with van der Waals surface area (Å²) < 4.78 is 0. The number of hydrogen-bond donors (Lipinski definition) is 4. The molecule has 0 heterocycles. The van der Waals surface area contributed by atoms with Gasteiger partial charge in [-0.15, -0.1) is 0 Å². The standard InChI is InChI=1S/C6H13N3O3/c1-8-6(12)4(9-7)2-3-5(10)11/h4,9H,2-3,7H2,1H3,(H,8,12)(H,10,11). The highest BCUT2D eigenvalue weighted by Crippen LogP contribution is 1.95. The molecule has 6 nitrogen and oxygen atoms in total. The monoisotopic (exact) mass is 175 g/mol. The molecule has 0 saturated heterocycles. The maximum absolute atomic E-state index is 10.9. The number of nitrogens with one attached hydrogen (secondary N) is 2. The number of carboxylic acid groups (broad SMARTS) is 1. The molecule has 0 rings (SSSR count). The van der Waals surface area contributed by atoms with Gasteiger partial charge in [0.25, 0.3) is 0 Å². The van der Waals surface area contributed by atoms with Gasteiger partial charge in [0.05, 0.1) is 0 Å². The Morgan fingerprint density at radius 1 is 1.58 bits per heavy atom. The van der Waals surface area contributed by atoms with Gasteiger partial charge >= 0.3 is 5.97 Å². The van der Waals surface area contributed by atoms with Crippen LogP contribution < -0.4 is 16.6 Å². The zero-order valence-electron chi connectivity index (χ0n) is 6.83. The molecule has 0 aliphatic rings. The molecule has 70 valence electrons. The number of carbonyl (C=O) groups is 2. The van der Waals surface area contributed by atoms with E-state index in [1.54, 1.807) is 0 Å². The van der Waals surface area contributed by atoms with Gasteiger partial charge in [-0.1, -0.05) is 0 Å². The molecule has 1 amide bonds. The third-order valence-electron chi connectivity index (χ3n) is 1.41. The van der Waals surface area contributed by atoms with Crippen LogP contribution in [0.25, 0.3) is 0 Å². The second-order valence-corrected chi connectivity index (χ2v) is 2.27. The van der Waals surface area contributed by atoms with Crippen LogP contribution in [0.2, 0.25) is 0 Å². The van der Waals surface area contributed by atoms with E-state index in [2.05, 4.69) is 10.7 Å².